The van der Waals surface area contributed by atoms with Crippen molar-refractivity contribution in [1.29, 1.82) is 0 Å². The van der Waals surface area contributed by atoms with Crippen molar-refractivity contribution in [2.45, 2.75) is 26.3 Å². The number of furan rings is 1. The predicted molar refractivity (Wildman–Crippen MR) is 66.9 cm³/mol. The van der Waals surface area contributed by atoms with E-state index in [1.807, 2.05) is 44.8 Å². The number of nitrogens with zero attached hydrogens (tertiary/aromatic N) is 2. The molecule has 0 amide bonds. The first kappa shape index (κ1) is 11.9. The van der Waals surface area contributed by atoms with E-state index in [9.17, 15) is 0 Å². The lowest BCUT2D eigenvalue weighted by Crippen LogP contribution is -2.19. The molecule has 0 radical (unpaired) electrons. The van der Waals surface area contributed by atoms with Gasteiger partial charge in [-0.05, 0) is 39.1 Å². The number of aromatic nitrogens is 2. The van der Waals surface area contributed by atoms with Crippen molar-refractivity contribution in [3.63, 3.8) is 0 Å². The average molecular weight is 233 g/mol. The van der Waals surface area contributed by atoms with E-state index in [1.54, 1.807) is 0 Å². The SMILES string of the molecule is CNC(Cc1cc(C)nn1C)c1ccc(C)o1. The van der Waals surface area contributed by atoms with Gasteiger partial charge >= 0.3 is 0 Å². The Labute approximate surface area is 102 Å². The number of rotatable bonds is 4. The molecule has 0 aliphatic carbocycles. The summed E-state index contributed by atoms with van der Waals surface area (Å²) in [7, 11) is 3.92. The largest absolute Gasteiger partial charge is 0.465 e. The number of aryl methyl sites for hydroxylation is 3. The van der Waals surface area contributed by atoms with Crippen molar-refractivity contribution < 1.29 is 4.42 Å². The molecule has 92 valence electrons. The number of nitrogens with one attached hydrogen (secondary N) is 1. The minimum Gasteiger partial charge on any atom is -0.465 e. The molecule has 0 fully saturated rings. The Morgan fingerprint density at radius 2 is 2.18 bits per heavy atom. The smallest absolute Gasteiger partial charge is 0.121 e. The lowest BCUT2D eigenvalue weighted by atomic mass is 10.1. The van der Waals surface area contributed by atoms with Crippen LogP contribution in [0.5, 0.6) is 0 Å². The molecule has 0 aliphatic heterocycles. The summed E-state index contributed by atoms with van der Waals surface area (Å²) in [5.74, 6) is 1.92. The van der Waals surface area contributed by atoms with Gasteiger partial charge in [0.05, 0.1) is 11.7 Å². The summed E-state index contributed by atoms with van der Waals surface area (Å²) in [6.07, 6.45) is 0.876. The van der Waals surface area contributed by atoms with Crippen molar-refractivity contribution in [3.8, 4) is 0 Å². The molecular formula is C13H19N3O. The van der Waals surface area contributed by atoms with Crippen LogP contribution in [0, 0.1) is 13.8 Å². The van der Waals surface area contributed by atoms with Crippen LogP contribution in [0.25, 0.3) is 0 Å². The summed E-state index contributed by atoms with van der Waals surface area (Å²) in [5, 5.41) is 7.64. The molecule has 17 heavy (non-hydrogen) atoms. The van der Waals surface area contributed by atoms with Gasteiger partial charge in [-0.3, -0.25) is 4.68 Å². The standard InChI is InChI=1S/C13H19N3O/c1-9-7-11(16(4)15-9)8-12(14-3)13-6-5-10(2)17-13/h5-7,12,14H,8H2,1-4H3. The van der Waals surface area contributed by atoms with Crippen molar-refractivity contribution in [1.82, 2.24) is 15.1 Å². The molecule has 1 atom stereocenters. The van der Waals surface area contributed by atoms with Gasteiger partial charge in [0.15, 0.2) is 0 Å². The van der Waals surface area contributed by atoms with Crippen molar-refractivity contribution in [2.75, 3.05) is 7.05 Å². The van der Waals surface area contributed by atoms with Crippen LogP contribution in [0.15, 0.2) is 22.6 Å². The van der Waals surface area contributed by atoms with Gasteiger partial charge in [0.1, 0.15) is 11.5 Å². The van der Waals surface area contributed by atoms with E-state index in [-0.39, 0.29) is 6.04 Å². The van der Waals surface area contributed by atoms with Gasteiger partial charge in [0.2, 0.25) is 0 Å². The second-order valence-electron chi connectivity index (χ2n) is 4.39. The lowest BCUT2D eigenvalue weighted by molar-refractivity contribution is 0.409. The molecule has 2 aromatic rings. The van der Waals surface area contributed by atoms with E-state index in [2.05, 4.69) is 16.5 Å². The van der Waals surface area contributed by atoms with Gasteiger partial charge in [-0.25, -0.2) is 0 Å². The van der Waals surface area contributed by atoms with Crippen LogP contribution in [-0.4, -0.2) is 16.8 Å². The number of likely N-dealkylation sites (N-methyl/N-ethyl adjacent to an activating group) is 1. The fraction of sp³-hybridized carbons (Fsp3) is 0.462. The van der Waals surface area contributed by atoms with Crippen LogP contribution in [-0.2, 0) is 13.5 Å². The maximum absolute atomic E-state index is 5.66. The second kappa shape index (κ2) is 4.75. The van der Waals surface area contributed by atoms with Crippen LogP contribution in [0.3, 0.4) is 0 Å². The summed E-state index contributed by atoms with van der Waals surface area (Å²) in [5.41, 5.74) is 2.25. The summed E-state index contributed by atoms with van der Waals surface area (Å²) < 4.78 is 7.59. The Balaban J connectivity index is 2.18. The summed E-state index contributed by atoms with van der Waals surface area (Å²) in [6.45, 7) is 3.97. The minimum atomic E-state index is 0.193. The Kier molecular flexibility index (Phi) is 3.33. The molecule has 0 saturated carbocycles. The Morgan fingerprint density at radius 3 is 2.65 bits per heavy atom. The normalized spacial score (nSPS) is 12.9. The van der Waals surface area contributed by atoms with E-state index >= 15 is 0 Å². The Hall–Kier alpha value is -1.55. The fourth-order valence-corrected chi connectivity index (χ4v) is 2.05. The van der Waals surface area contributed by atoms with Gasteiger partial charge in [-0.1, -0.05) is 0 Å². The first-order chi connectivity index (χ1) is 8.10. The number of hydrogen-bond donors (Lipinski definition) is 1. The van der Waals surface area contributed by atoms with Crippen molar-refractivity contribution >= 4 is 0 Å². The van der Waals surface area contributed by atoms with Crippen LogP contribution < -0.4 is 5.32 Å². The first-order valence-electron chi connectivity index (χ1n) is 5.83. The Morgan fingerprint density at radius 1 is 1.41 bits per heavy atom. The summed E-state index contributed by atoms with van der Waals surface area (Å²) in [6, 6.07) is 6.33. The molecular weight excluding hydrogens is 214 g/mol. The van der Waals surface area contributed by atoms with E-state index in [0.29, 0.717) is 0 Å². The third-order valence-corrected chi connectivity index (χ3v) is 2.97. The molecule has 4 nitrogen and oxygen atoms in total. The molecule has 0 aromatic carbocycles. The fourth-order valence-electron chi connectivity index (χ4n) is 2.05. The summed E-state index contributed by atoms with van der Waals surface area (Å²) >= 11 is 0. The average Bonchev–Trinajstić information content (AvgIpc) is 2.82. The summed E-state index contributed by atoms with van der Waals surface area (Å²) in [4.78, 5) is 0. The molecule has 2 aromatic heterocycles. The second-order valence-corrected chi connectivity index (χ2v) is 4.39. The highest BCUT2D eigenvalue weighted by molar-refractivity contribution is 5.15. The highest BCUT2D eigenvalue weighted by atomic mass is 16.3. The molecule has 1 unspecified atom stereocenters. The van der Waals surface area contributed by atoms with Gasteiger partial charge < -0.3 is 9.73 Å². The molecule has 1 N–H and O–H groups in total. The molecule has 2 rings (SSSR count). The van der Waals surface area contributed by atoms with Crippen LogP contribution in [0.4, 0.5) is 0 Å². The van der Waals surface area contributed by atoms with Crippen LogP contribution in [0.1, 0.15) is 29.0 Å². The minimum absolute atomic E-state index is 0.193. The third kappa shape index (κ3) is 2.58. The molecule has 0 aliphatic rings. The van der Waals surface area contributed by atoms with Gasteiger partial charge in [-0.15, -0.1) is 0 Å². The molecule has 0 bridgehead atoms. The van der Waals surface area contributed by atoms with Gasteiger partial charge in [0, 0.05) is 19.2 Å². The highest BCUT2D eigenvalue weighted by Crippen LogP contribution is 2.20. The topological polar surface area (TPSA) is 43.0 Å². The quantitative estimate of drug-likeness (QED) is 0.879. The van der Waals surface area contributed by atoms with Crippen LogP contribution in [0.2, 0.25) is 0 Å². The maximum atomic E-state index is 5.66. The zero-order valence-corrected chi connectivity index (χ0v) is 10.8. The lowest BCUT2D eigenvalue weighted by Gasteiger charge is -2.13. The van der Waals surface area contributed by atoms with E-state index in [4.69, 9.17) is 4.42 Å². The third-order valence-electron chi connectivity index (χ3n) is 2.97. The maximum Gasteiger partial charge on any atom is 0.121 e. The molecule has 0 spiro atoms. The van der Waals surface area contributed by atoms with E-state index < -0.39 is 0 Å². The first-order valence-corrected chi connectivity index (χ1v) is 5.83. The van der Waals surface area contributed by atoms with E-state index in [1.165, 1.54) is 5.69 Å². The predicted octanol–water partition coefficient (Wildman–Crippen LogP) is 2.13. The van der Waals surface area contributed by atoms with E-state index in [0.717, 1.165) is 23.6 Å². The highest BCUT2D eigenvalue weighted by Gasteiger charge is 2.15. The monoisotopic (exact) mass is 233 g/mol. The zero-order valence-electron chi connectivity index (χ0n) is 10.8. The van der Waals surface area contributed by atoms with Gasteiger partial charge in [0.25, 0.3) is 0 Å². The molecule has 0 saturated heterocycles. The molecule has 4 heteroatoms. The Bertz CT molecular complexity index is 498. The zero-order chi connectivity index (χ0) is 12.4. The van der Waals surface area contributed by atoms with Crippen molar-refractivity contribution in [3.05, 3.63) is 41.1 Å². The number of hydrogen-bond acceptors (Lipinski definition) is 3. The van der Waals surface area contributed by atoms with Gasteiger partial charge in [-0.2, -0.15) is 5.10 Å². The molecule has 2 heterocycles. The van der Waals surface area contributed by atoms with Crippen molar-refractivity contribution in [2.24, 2.45) is 7.05 Å². The van der Waals surface area contributed by atoms with Crippen LogP contribution >= 0.6 is 0 Å².